The number of benzene rings is 1. The Balaban J connectivity index is 2.18. The van der Waals surface area contributed by atoms with Gasteiger partial charge < -0.3 is 4.74 Å². The van der Waals surface area contributed by atoms with E-state index < -0.39 is 11.7 Å². The average Bonchev–Trinajstić information content (AvgIpc) is 3.21. The van der Waals surface area contributed by atoms with Gasteiger partial charge in [-0.3, -0.25) is 4.40 Å². The van der Waals surface area contributed by atoms with Gasteiger partial charge in [-0.2, -0.15) is 13.2 Å². The van der Waals surface area contributed by atoms with Crippen LogP contribution in [-0.4, -0.2) is 26.7 Å². The molecule has 3 aromatic heterocycles. The Kier molecular flexibility index (Phi) is 3.43. The first kappa shape index (κ1) is 15.8. The maximum atomic E-state index is 13.3. The topological polar surface area (TPSA) is 52.3 Å². The van der Waals surface area contributed by atoms with Crippen LogP contribution in [0.1, 0.15) is 11.3 Å². The summed E-state index contributed by atoms with van der Waals surface area (Å²) in [5.41, 5.74) is 0.694. The number of halogens is 3. The van der Waals surface area contributed by atoms with Crippen molar-refractivity contribution in [3.63, 3.8) is 0 Å². The van der Waals surface area contributed by atoms with E-state index in [9.17, 15) is 13.2 Å². The number of thiophene rings is 1. The standard InChI is InChI=1S/C16H11F3N4OS/c1-8-14-22-21-13-10(6-9(16(17,18)19)7-11(13)24-2)23(14)15(20-8)12-4-3-5-25-12/h3-7H,1-2H3. The van der Waals surface area contributed by atoms with E-state index in [4.69, 9.17) is 4.74 Å². The molecule has 0 saturated carbocycles. The lowest BCUT2D eigenvalue weighted by atomic mass is 10.1. The molecule has 3 heterocycles. The van der Waals surface area contributed by atoms with Gasteiger partial charge in [0.2, 0.25) is 0 Å². The van der Waals surface area contributed by atoms with Gasteiger partial charge in [-0.05, 0) is 30.5 Å². The number of aromatic nitrogens is 4. The molecule has 0 unspecified atom stereocenters. The predicted octanol–water partition coefficient (Wildman–Crippen LogP) is 4.34. The van der Waals surface area contributed by atoms with E-state index in [1.807, 2.05) is 17.5 Å². The first-order chi connectivity index (χ1) is 11.9. The maximum absolute atomic E-state index is 13.3. The number of nitrogens with zero attached hydrogens (tertiary/aromatic N) is 4. The number of alkyl halides is 3. The summed E-state index contributed by atoms with van der Waals surface area (Å²) in [6.07, 6.45) is -4.50. The molecule has 9 heteroatoms. The maximum Gasteiger partial charge on any atom is 0.416 e. The lowest BCUT2D eigenvalue weighted by Gasteiger charge is -2.12. The van der Waals surface area contributed by atoms with Crippen LogP contribution in [0.5, 0.6) is 5.75 Å². The number of ether oxygens (including phenoxy) is 1. The van der Waals surface area contributed by atoms with Crippen LogP contribution in [0.15, 0.2) is 29.6 Å². The molecule has 0 aliphatic carbocycles. The Morgan fingerprint density at radius 3 is 2.64 bits per heavy atom. The van der Waals surface area contributed by atoms with Crippen molar-refractivity contribution in [2.24, 2.45) is 0 Å². The first-order valence-electron chi connectivity index (χ1n) is 7.24. The molecule has 0 fully saturated rings. The van der Waals surface area contributed by atoms with E-state index in [0.29, 0.717) is 17.2 Å². The van der Waals surface area contributed by atoms with E-state index in [1.54, 1.807) is 11.3 Å². The third-order valence-corrected chi connectivity index (χ3v) is 4.72. The molecule has 0 spiro atoms. The van der Waals surface area contributed by atoms with Crippen LogP contribution in [0.3, 0.4) is 0 Å². The SMILES string of the molecule is COc1cc(C(F)(F)F)cc2c1nnc1c(C)nc(-c3cccs3)n12. The monoisotopic (exact) mass is 364 g/mol. The fourth-order valence-electron chi connectivity index (χ4n) is 2.72. The van der Waals surface area contributed by atoms with Crippen molar-refractivity contribution >= 4 is 28.0 Å². The Labute approximate surface area is 143 Å². The molecule has 0 amide bonds. The van der Waals surface area contributed by atoms with Crippen LogP contribution in [0.2, 0.25) is 0 Å². The predicted molar refractivity (Wildman–Crippen MR) is 87.9 cm³/mol. The molecule has 4 aromatic rings. The number of aryl methyl sites for hydroxylation is 1. The minimum absolute atomic E-state index is 0.0164. The highest BCUT2D eigenvalue weighted by atomic mass is 32.1. The summed E-state index contributed by atoms with van der Waals surface area (Å²) in [6, 6.07) is 5.69. The fraction of sp³-hybridized carbons (Fsp3) is 0.188. The van der Waals surface area contributed by atoms with Crippen LogP contribution in [0.25, 0.3) is 27.4 Å². The van der Waals surface area contributed by atoms with E-state index in [1.165, 1.54) is 18.4 Å². The Morgan fingerprint density at radius 2 is 2.00 bits per heavy atom. The zero-order chi connectivity index (χ0) is 17.8. The van der Waals surface area contributed by atoms with Gasteiger partial charge in [-0.15, -0.1) is 21.5 Å². The van der Waals surface area contributed by atoms with Crippen LogP contribution in [0.4, 0.5) is 13.2 Å². The molecule has 0 aliphatic rings. The summed E-state index contributed by atoms with van der Waals surface area (Å²) in [5.74, 6) is 0.548. The summed E-state index contributed by atoms with van der Waals surface area (Å²) in [4.78, 5) is 5.31. The lowest BCUT2D eigenvalue weighted by Crippen LogP contribution is -2.07. The zero-order valence-corrected chi connectivity index (χ0v) is 13.9. The van der Waals surface area contributed by atoms with Gasteiger partial charge >= 0.3 is 6.18 Å². The van der Waals surface area contributed by atoms with Gasteiger partial charge in [0, 0.05) is 0 Å². The number of fused-ring (bicyclic) bond motifs is 3. The molecule has 0 radical (unpaired) electrons. The molecule has 128 valence electrons. The second-order valence-electron chi connectivity index (χ2n) is 5.40. The summed E-state index contributed by atoms with van der Waals surface area (Å²) in [7, 11) is 1.31. The summed E-state index contributed by atoms with van der Waals surface area (Å²) in [6.45, 7) is 1.75. The smallest absolute Gasteiger partial charge is 0.416 e. The van der Waals surface area contributed by atoms with E-state index >= 15 is 0 Å². The van der Waals surface area contributed by atoms with E-state index in [2.05, 4.69) is 15.2 Å². The second-order valence-corrected chi connectivity index (χ2v) is 6.35. The third kappa shape index (κ3) is 2.42. The number of hydrogen-bond donors (Lipinski definition) is 0. The lowest BCUT2D eigenvalue weighted by molar-refractivity contribution is -0.137. The molecule has 0 aliphatic heterocycles. The Morgan fingerprint density at radius 1 is 1.20 bits per heavy atom. The second kappa shape index (κ2) is 5.41. The molecule has 25 heavy (non-hydrogen) atoms. The van der Waals surface area contributed by atoms with Crippen molar-refractivity contribution in [1.82, 2.24) is 19.6 Å². The van der Waals surface area contributed by atoms with Crippen LogP contribution < -0.4 is 4.74 Å². The number of rotatable bonds is 2. The van der Waals surface area contributed by atoms with E-state index in [-0.39, 0.29) is 16.8 Å². The quantitative estimate of drug-likeness (QED) is 0.531. The van der Waals surface area contributed by atoms with E-state index in [0.717, 1.165) is 17.0 Å². The number of hydrogen-bond acceptors (Lipinski definition) is 5. The molecule has 5 nitrogen and oxygen atoms in total. The zero-order valence-electron chi connectivity index (χ0n) is 13.1. The molecular formula is C16H11F3N4OS. The van der Waals surface area contributed by atoms with Gasteiger partial charge in [0.05, 0.1) is 28.8 Å². The molecular weight excluding hydrogens is 353 g/mol. The highest BCUT2D eigenvalue weighted by Gasteiger charge is 2.32. The molecule has 1 aromatic carbocycles. The van der Waals surface area contributed by atoms with Crippen molar-refractivity contribution in [1.29, 1.82) is 0 Å². The minimum Gasteiger partial charge on any atom is -0.494 e. The molecule has 0 bridgehead atoms. The Hall–Kier alpha value is -2.68. The summed E-state index contributed by atoms with van der Waals surface area (Å²) < 4.78 is 46.6. The van der Waals surface area contributed by atoms with Crippen molar-refractivity contribution in [3.8, 4) is 16.5 Å². The molecule has 0 atom stereocenters. The average molecular weight is 364 g/mol. The number of imidazole rings is 1. The highest BCUT2D eigenvalue weighted by molar-refractivity contribution is 7.13. The van der Waals surface area contributed by atoms with Gasteiger partial charge in [0.1, 0.15) is 5.75 Å². The molecule has 0 saturated heterocycles. The Bertz CT molecular complexity index is 1090. The summed E-state index contributed by atoms with van der Waals surface area (Å²) in [5, 5.41) is 10.1. The number of methoxy groups -OCH3 is 1. The fourth-order valence-corrected chi connectivity index (χ4v) is 3.42. The van der Waals surface area contributed by atoms with Gasteiger partial charge in [-0.25, -0.2) is 4.98 Å². The van der Waals surface area contributed by atoms with Crippen molar-refractivity contribution in [2.75, 3.05) is 7.11 Å². The van der Waals surface area contributed by atoms with Crippen molar-refractivity contribution < 1.29 is 17.9 Å². The van der Waals surface area contributed by atoms with Crippen molar-refractivity contribution in [3.05, 3.63) is 40.9 Å². The molecule has 0 N–H and O–H groups in total. The van der Waals surface area contributed by atoms with Gasteiger partial charge in [-0.1, -0.05) is 6.07 Å². The highest BCUT2D eigenvalue weighted by Crippen LogP contribution is 2.37. The van der Waals surface area contributed by atoms with Gasteiger partial charge in [0.25, 0.3) is 0 Å². The normalized spacial score (nSPS) is 12.2. The van der Waals surface area contributed by atoms with Gasteiger partial charge in [0.15, 0.2) is 17.0 Å². The third-order valence-electron chi connectivity index (χ3n) is 3.85. The van der Waals surface area contributed by atoms with Crippen LogP contribution in [-0.2, 0) is 6.18 Å². The summed E-state index contributed by atoms with van der Waals surface area (Å²) >= 11 is 1.45. The van der Waals surface area contributed by atoms with Crippen molar-refractivity contribution in [2.45, 2.75) is 13.1 Å². The minimum atomic E-state index is -4.50. The van der Waals surface area contributed by atoms with Crippen LogP contribution in [0, 0.1) is 6.92 Å². The van der Waals surface area contributed by atoms with Crippen LogP contribution >= 0.6 is 11.3 Å². The first-order valence-corrected chi connectivity index (χ1v) is 8.12. The largest absolute Gasteiger partial charge is 0.494 e. The molecule has 4 rings (SSSR count).